The van der Waals surface area contributed by atoms with Gasteiger partial charge in [0.2, 0.25) is 0 Å². The quantitative estimate of drug-likeness (QED) is 0.786. The first kappa shape index (κ1) is 14.4. The molecule has 19 heavy (non-hydrogen) atoms. The summed E-state index contributed by atoms with van der Waals surface area (Å²) in [4.78, 5) is 2.24. The summed E-state index contributed by atoms with van der Waals surface area (Å²) in [5, 5.41) is 21.1. The van der Waals surface area contributed by atoms with Crippen molar-refractivity contribution in [2.45, 2.75) is 52.0 Å². The van der Waals surface area contributed by atoms with Gasteiger partial charge in [0, 0.05) is 19.6 Å². The minimum atomic E-state index is -0.108. The second kappa shape index (κ2) is 6.93. The zero-order valence-electron chi connectivity index (χ0n) is 11.7. The van der Waals surface area contributed by atoms with Crippen LogP contribution in [0.15, 0.2) is 0 Å². The van der Waals surface area contributed by atoms with Crippen LogP contribution in [0.4, 0.5) is 0 Å². The van der Waals surface area contributed by atoms with Crippen molar-refractivity contribution in [3.05, 3.63) is 5.82 Å². The molecule has 108 valence electrons. The molecule has 2 heterocycles. The lowest BCUT2D eigenvalue weighted by Gasteiger charge is -2.35. The van der Waals surface area contributed by atoms with E-state index in [0.29, 0.717) is 6.54 Å². The fourth-order valence-corrected chi connectivity index (χ4v) is 2.39. The van der Waals surface area contributed by atoms with Crippen LogP contribution in [-0.2, 0) is 17.8 Å². The van der Waals surface area contributed by atoms with E-state index in [1.807, 2.05) is 11.6 Å². The van der Waals surface area contributed by atoms with Crippen LogP contribution in [0.25, 0.3) is 0 Å². The molecule has 1 fully saturated rings. The summed E-state index contributed by atoms with van der Waals surface area (Å²) in [6, 6.07) is 0. The molecule has 1 aliphatic heterocycles. The Morgan fingerprint density at radius 3 is 3.00 bits per heavy atom. The molecule has 0 aromatic carbocycles. The van der Waals surface area contributed by atoms with E-state index < -0.39 is 0 Å². The van der Waals surface area contributed by atoms with Gasteiger partial charge in [0.1, 0.15) is 0 Å². The number of unbranched alkanes of at least 4 members (excludes halogenated alkanes) is 1. The normalized spacial score (nSPS) is 24.8. The van der Waals surface area contributed by atoms with Crippen molar-refractivity contribution < 1.29 is 9.84 Å². The number of tetrazole rings is 1. The highest BCUT2D eigenvalue weighted by Crippen LogP contribution is 2.13. The van der Waals surface area contributed by atoms with Gasteiger partial charge in [-0.15, -0.1) is 5.10 Å². The molecular formula is C12H23N5O2. The largest absolute Gasteiger partial charge is 0.394 e. The second-order valence-corrected chi connectivity index (χ2v) is 5.12. The van der Waals surface area contributed by atoms with E-state index in [4.69, 9.17) is 4.74 Å². The molecule has 7 nitrogen and oxygen atoms in total. The number of aliphatic hydroxyl groups is 1. The fourth-order valence-electron chi connectivity index (χ4n) is 2.39. The van der Waals surface area contributed by atoms with Gasteiger partial charge in [-0.25, -0.2) is 4.68 Å². The first-order valence-corrected chi connectivity index (χ1v) is 6.96. The molecule has 0 saturated carbocycles. The molecular weight excluding hydrogens is 246 g/mol. The maximum absolute atomic E-state index is 9.23. The van der Waals surface area contributed by atoms with E-state index in [1.54, 1.807) is 0 Å². The number of hydrogen-bond acceptors (Lipinski definition) is 6. The van der Waals surface area contributed by atoms with Crippen molar-refractivity contribution >= 4 is 0 Å². The summed E-state index contributed by atoms with van der Waals surface area (Å²) in [5.74, 6) is 0.888. The van der Waals surface area contributed by atoms with Gasteiger partial charge in [-0.05, 0) is 23.8 Å². The highest BCUT2D eigenvalue weighted by atomic mass is 16.5. The van der Waals surface area contributed by atoms with Crippen LogP contribution in [0.3, 0.4) is 0 Å². The number of aryl methyl sites for hydroxylation is 1. The maximum Gasteiger partial charge on any atom is 0.165 e. The Labute approximate surface area is 113 Å². The number of rotatable bonds is 6. The van der Waals surface area contributed by atoms with Gasteiger partial charge in [-0.2, -0.15) is 0 Å². The van der Waals surface area contributed by atoms with Gasteiger partial charge in [-0.1, -0.05) is 13.3 Å². The van der Waals surface area contributed by atoms with E-state index in [-0.39, 0.29) is 18.8 Å². The number of aliphatic hydroxyl groups excluding tert-OH is 1. The summed E-state index contributed by atoms with van der Waals surface area (Å²) < 4.78 is 7.50. The molecule has 2 atom stereocenters. The Hall–Kier alpha value is -1.05. The van der Waals surface area contributed by atoms with Gasteiger partial charge in [0.05, 0.1) is 25.4 Å². The lowest BCUT2D eigenvalue weighted by Crippen LogP contribution is -2.47. The third-order valence-corrected chi connectivity index (χ3v) is 3.30. The molecule has 2 unspecified atom stereocenters. The smallest absolute Gasteiger partial charge is 0.165 e. The molecule has 1 N–H and O–H groups in total. The number of hydrogen-bond donors (Lipinski definition) is 1. The van der Waals surface area contributed by atoms with E-state index in [2.05, 4.69) is 27.3 Å². The summed E-state index contributed by atoms with van der Waals surface area (Å²) in [6.45, 7) is 7.37. The van der Waals surface area contributed by atoms with Crippen molar-refractivity contribution in [2.75, 3.05) is 19.7 Å². The predicted octanol–water partition coefficient (Wildman–Crippen LogP) is 0.0548. The topological polar surface area (TPSA) is 76.3 Å². The van der Waals surface area contributed by atoms with Gasteiger partial charge >= 0.3 is 0 Å². The van der Waals surface area contributed by atoms with Crippen LogP contribution in [0.2, 0.25) is 0 Å². The third kappa shape index (κ3) is 3.95. The van der Waals surface area contributed by atoms with Crippen LogP contribution in [-0.4, -0.2) is 62.1 Å². The molecule has 1 aromatic heterocycles. The minimum absolute atomic E-state index is 0.0572. The van der Waals surface area contributed by atoms with Gasteiger partial charge in [0.15, 0.2) is 5.82 Å². The molecule has 2 rings (SSSR count). The Morgan fingerprint density at radius 1 is 1.42 bits per heavy atom. The molecule has 1 saturated heterocycles. The highest BCUT2D eigenvalue weighted by molar-refractivity contribution is 4.84. The molecule has 0 spiro atoms. The van der Waals surface area contributed by atoms with Crippen LogP contribution in [0.5, 0.6) is 0 Å². The zero-order chi connectivity index (χ0) is 13.7. The summed E-state index contributed by atoms with van der Waals surface area (Å²) in [6.07, 6.45) is 2.23. The molecule has 0 radical (unpaired) electrons. The van der Waals surface area contributed by atoms with Crippen LogP contribution in [0, 0.1) is 0 Å². The van der Waals surface area contributed by atoms with E-state index in [0.717, 1.165) is 38.3 Å². The van der Waals surface area contributed by atoms with Crippen molar-refractivity contribution in [2.24, 2.45) is 0 Å². The fraction of sp³-hybridized carbons (Fsp3) is 0.917. The molecule has 1 aromatic rings. The summed E-state index contributed by atoms with van der Waals surface area (Å²) in [5.41, 5.74) is 0. The average molecular weight is 269 g/mol. The second-order valence-electron chi connectivity index (χ2n) is 5.12. The first-order valence-electron chi connectivity index (χ1n) is 6.96. The Kier molecular flexibility index (Phi) is 5.24. The maximum atomic E-state index is 9.23. The summed E-state index contributed by atoms with van der Waals surface area (Å²) in [7, 11) is 0. The van der Waals surface area contributed by atoms with Gasteiger partial charge in [0.25, 0.3) is 0 Å². The van der Waals surface area contributed by atoms with E-state index in [9.17, 15) is 5.11 Å². The predicted molar refractivity (Wildman–Crippen MR) is 69.4 cm³/mol. The van der Waals surface area contributed by atoms with Crippen LogP contribution >= 0.6 is 0 Å². The summed E-state index contributed by atoms with van der Waals surface area (Å²) >= 11 is 0. The number of nitrogens with zero attached hydrogens (tertiary/aromatic N) is 5. The Morgan fingerprint density at radius 2 is 2.26 bits per heavy atom. The zero-order valence-corrected chi connectivity index (χ0v) is 11.7. The highest BCUT2D eigenvalue weighted by Gasteiger charge is 2.25. The third-order valence-electron chi connectivity index (χ3n) is 3.30. The number of aromatic nitrogens is 4. The van der Waals surface area contributed by atoms with Crippen molar-refractivity contribution in [1.29, 1.82) is 0 Å². The molecule has 0 aliphatic carbocycles. The van der Waals surface area contributed by atoms with Crippen molar-refractivity contribution in [3.8, 4) is 0 Å². The standard InChI is InChI=1S/C12H23N5O2/c1-3-4-5-17-12(13-14-15-17)8-16-6-10(2)19-11(7-16)9-18/h10-11,18H,3-9H2,1-2H3. The number of morpholine rings is 1. The van der Waals surface area contributed by atoms with Gasteiger partial charge < -0.3 is 9.84 Å². The van der Waals surface area contributed by atoms with Crippen LogP contribution < -0.4 is 0 Å². The average Bonchev–Trinajstić information content (AvgIpc) is 2.83. The molecule has 0 amide bonds. The van der Waals surface area contributed by atoms with Crippen molar-refractivity contribution in [3.63, 3.8) is 0 Å². The first-order chi connectivity index (χ1) is 9.22. The molecule has 1 aliphatic rings. The van der Waals surface area contributed by atoms with Gasteiger partial charge in [-0.3, -0.25) is 4.90 Å². The molecule has 0 bridgehead atoms. The van der Waals surface area contributed by atoms with E-state index in [1.165, 1.54) is 0 Å². The lowest BCUT2D eigenvalue weighted by atomic mass is 10.2. The van der Waals surface area contributed by atoms with E-state index >= 15 is 0 Å². The lowest BCUT2D eigenvalue weighted by molar-refractivity contribution is -0.0979. The SMILES string of the molecule is CCCCn1nnnc1CN1CC(C)OC(CO)C1. The van der Waals surface area contributed by atoms with Crippen molar-refractivity contribution in [1.82, 2.24) is 25.1 Å². The number of ether oxygens (including phenoxy) is 1. The minimum Gasteiger partial charge on any atom is -0.394 e. The molecule has 7 heteroatoms. The monoisotopic (exact) mass is 269 g/mol. The Bertz CT molecular complexity index is 384. The Balaban J connectivity index is 1.94. The van der Waals surface area contributed by atoms with Crippen LogP contribution in [0.1, 0.15) is 32.5 Å².